The molecule has 0 unspecified atom stereocenters. The summed E-state index contributed by atoms with van der Waals surface area (Å²) in [5, 5.41) is 0. The lowest BCUT2D eigenvalue weighted by molar-refractivity contribution is -0.104. The van der Waals surface area contributed by atoms with Crippen molar-refractivity contribution >= 4 is 12.3 Å². The molecule has 0 aromatic rings. The van der Waals surface area contributed by atoms with Gasteiger partial charge in [-0.2, -0.15) is 4.39 Å². The Labute approximate surface area is 102 Å². The van der Waals surface area contributed by atoms with Gasteiger partial charge in [-0.15, -0.1) is 0 Å². The maximum absolute atomic E-state index is 13.0. The Morgan fingerprint density at radius 2 is 2.06 bits per heavy atom. The van der Waals surface area contributed by atoms with E-state index in [0.29, 0.717) is 12.0 Å². The Balaban J connectivity index is 5.12. The smallest absolute Gasteiger partial charge is 0.208 e. The quantitative estimate of drug-likeness (QED) is 0.299. The Morgan fingerprint density at radius 1 is 1.41 bits per heavy atom. The zero-order valence-corrected chi connectivity index (χ0v) is 10.5. The largest absolute Gasteiger partial charge is 0.298 e. The molecule has 0 atom stereocenters. The minimum absolute atomic E-state index is 0.490. The normalized spacial score (nSPS) is 14.8. The molecule has 0 heterocycles. The van der Waals surface area contributed by atoms with Crippen LogP contribution in [0.15, 0.2) is 52.6 Å². The number of hydrogen-bond donors (Lipinski definition) is 0. The van der Waals surface area contributed by atoms with Gasteiger partial charge in [-0.05, 0) is 30.6 Å². The lowest BCUT2D eigenvalue weighted by Gasteiger charge is -2.03. The first kappa shape index (κ1) is 15.2. The summed E-state index contributed by atoms with van der Waals surface area (Å²) < 4.78 is 13.0. The predicted molar refractivity (Wildman–Crippen MR) is 70.9 cm³/mol. The molecule has 0 bridgehead atoms. The van der Waals surface area contributed by atoms with Gasteiger partial charge in [0.25, 0.3) is 0 Å². The van der Waals surface area contributed by atoms with Crippen molar-refractivity contribution in [1.29, 1.82) is 0 Å². The van der Waals surface area contributed by atoms with Crippen LogP contribution in [0.3, 0.4) is 0 Å². The van der Waals surface area contributed by atoms with Gasteiger partial charge in [0.15, 0.2) is 0 Å². The maximum Gasteiger partial charge on any atom is 0.208 e. The molecule has 92 valence electrons. The van der Waals surface area contributed by atoms with Crippen LogP contribution in [0, 0.1) is 0 Å². The van der Waals surface area contributed by atoms with Gasteiger partial charge < -0.3 is 0 Å². The molecule has 0 radical (unpaired) electrons. The molecule has 0 aromatic heterocycles. The standard InChI is InChI=1S/C14H18FNO/c1-5-12(10-17)8-7-11(3)13(6-2)9-14(15)16-4/h5,7-10H,1,6H2,2-4H3/b11-7+,12-8+,13-9+,16-14?. The molecule has 2 nitrogen and oxygen atoms in total. The SMILES string of the molecule is C=C\C(C=O)=C/C=C(C)/C(=C/C(F)=NC)CC. The average Bonchev–Trinajstić information content (AvgIpc) is 2.36. The number of aldehydes is 1. The summed E-state index contributed by atoms with van der Waals surface area (Å²) in [5.74, 6) is -0.502. The van der Waals surface area contributed by atoms with Crippen LogP contribution in [-0.2, 0) is 4.79 Å². The fourth-order valence-corrected chi connectivity index (χ4v) is 1.19. The van der Waals surface area contributed by atoms with Gasteiger partial charge in [0.1, 0.15) is 6.29 Å². The van der Waals surface area contributed by atoms with E-state index in [9.17, 15) is 9.18 Å². The van der Waals surface area contributed by atoms with E-state index in [1.807, 2.05) is 13.8 Å². The first-order valence-electron chi connectivity index (χ1n) is 5.38. The number of halogens is 1. The van der Waals surface area contributed by atoms with E-state index in [1.54, 1.807) is 12.2 Å². The van der Waals surface area contributed by atoms with Crippen LogP contribution in [0.1, 0.15) is 20.3 Å². The molecule has 0 saturated carbocycles. The molecule has 0 fully saturated rings. The molecule has 0 aliphatic carbocycles. The van der Waals surface area contributed by atoms with E-state index in [1.165, 1.54) is 19.2 Å². The maximum atomic E-state index is 13.0. The summed E-state index contributed by atoms with van der Waals surface area (Å²) in [6.45, 7) is 7.31. The summed E-state index contributed by atoms with van der Waals surface area (Å²) in [6.07, 6.45) is 7.71. The van der Waals surface area contributed by atoms with Crippen LogP contribution in [0.4, 0.5) is 4.39 Å². The van der Waals surface area contributed by atoms with Gasteiger partial charge in [0.2, 0.25) is 5.97 Å². The Bertz CT molecular complexity index is 390. The molecular weight excluding hydrogens is 217 g/mol. The molecule has 0 amide bonds. The van der Waals surface area contributed by atoms with Crippen molar-refractivity contribution in [2.45, 2.75) is 20.3 Å². The van der Waals surface area contributed by atoms with Gasteiger partial charge >= 0.3 is 0 Å². The molecule has 3 heteroatoms. The van der Waals surface area contributed by atoms with Crippen LogP contribution >= 0.6 is 0 Å². The minimum atomic E-state index is -0.502. The number of carbonyl (C=O) groups is 1. The topological polar surface area (TPSA) is 29.4 Å². The van der Waals surface area contributed by atoms with E-state index in [-0.39, 0.29) is 0 Å². The first-order valence-corrected chi connectivity index (χ1v) is 5.38. The third-order valence-corrected chi connectivity index (χ3v) is 2.29. The fraction of sp³-hybridized carbons (Fsp3) is 0.286. The summed E-state index contributed by atoms with van der Waals surface area (Å²) >= 11 is 0. The number of aliphatic imine (C=N–C) groups is 1. The molecule has 0 N–H and O–H groups in total. The third-order valence-electron chi connectivity index (χ3n) is 2.29. The highest BCUT2D eigenvalue weighted by Crippen LogP contribution is 2.14. The third kappa shape index (κ3) is 5.76. The monoisotopic (exact) mass is 235 g/mol. The van der Waals surface area contributed by atoms with Crippen molar-refractivity contribution < 1.29 is 9.18 Å². The molecule has 0 aliphatic heterocycles. The van der Waals surface area contributed by atoms with E-state index in [2.05, 4.69) is 11.6 Å². The highest BCUT2D eigenvalue weighted by atomic mass is 19.1. The van der Waals surface area contributed by atoms with Gasteiger partial charge in [-0.1, -0.05) is 31.7 Å². The Hall–Kier alpha value is -1.77. The van der Waals surface area contributed by atoms with Crippen LogP contribution in [0.25, 0.3) is 0 Å². The van der Waals surface area contributed by atoms with Gasteiger partial charge in [-0.3, -0.25) is 9.79 Å². The summed E-state index contributed by atoms with van der Waals surface area (Å²) in [5.41, 5.74) is 2.23. The second-order valence-corrected chi connectivity index (χ2v) is 3.41. The summed E-state index contributed by atoms with van der Waals surface area (Å²) in [4.78, 5) is 14.0. The number of hydrogen-bond acceptors (Lipinski definition) is 2. The number of rotatable bonds is 6. The highest BCUT2D eigenvalue weighted by Gasteiger charge is 1.99. The van der Waals surface area contributed by atoms with Crippen molar-refractivity contribution in [1.82, 2.24) is 0 Å². The van der Waals surface area contributed by atoms with Gasteiger partial charge in [0.05, 0.1) is 0 Å². The van der Waals surface area contributed by atoms with Crippen molar-refractivity contribution in [2.75, 3.05) is 7.05 Å². The van der Waals surface area contributed by atoms with Crippen LogP contribution in [-0.4, -0.2) is 19.3 Å². The molecular formula is C14H18FNO. The van der Waals surface area contributed by atoms with E-state index >= 15 is 0 Å². The zero-order chi connectivity index (χ0) is 13.3. The summed E-state index contributed by atoms with van der Waals surface area (Å²) in [6, 6.07) is 0. The number of carbonyl (C=O) groups excluding carboxylic acids is 1. The Morgan fingerprint density at radius 3 is 2.47 bits per heavy atom. The van der Waals surface area contributed by atoms with E-state index < -0.39 is 5.97 Å². The molecule has 0 rings (SSSR count). The van der Waals surface area contributed by atoms with Crippen LogP contribution in [0.5, 0.6) is 0 Å². The lowest BCUT2D eigenvalue weighted by Crippen LogP contribution is -1.90. The Kier molecular flexibility index (Phi) is 7.52. The molecule has 17 heavy (non-hydrogen) atoms. The second kappa shape index (κ2) is 8.39. The van der Waals surface area contributed by atoms with E-state index in [0.717, 1.165) is 17.4 Å². The van der Waals surface area contributed by atoms with Gasteiger partial charge in [0, 0.05) is 12.6 Å². The summed E-state index contributed by atoms with van der Waals surface area (Å²) in [7, 11) is 1.40. The molecule has 0 aliphatic rings. The minimum Gasteiger partial charge on any atom is -0.298 e. The molecule has 0 saturated heterocycles. The lowest BCUT2D eigenvalue weighted by atomic mass is 10.0. The van der Waals surface area contributed by atoms with Crippen molar-refractivity contribution in [3.05, 3.63) is 47.6 Å². The fourth-order valence-electron chi connectivity index (χ4n) is 1.19. The number of allylic oxidation sites excluding steroid dienone is 7. The zero-order valence-electron chi connectivity index (χ0n) is 10.5. The second-order valence-electron chi connectivity index (χ2n) is 3.41. The average molecular weight is 235 g/mol. The number of nitrogens with zero attached hydrogens (tertiary/aromatic N) is 1. The molecule has 0 spiro atoms. The van der Waals surface area contributed by atoms with Crippen LogP contribution < -0.4 is 0 Å². The van der Waals surface area contributed by atoms with Crippen LogP contribution in [0.2, 0.25) is 0 Å². The highest BCUT2D eigenvalue weighted by molar-refractivity contribution is 5.88. The van der Waals surface area contributed by atoms with Crippen molar-refractivity contribution in [2.24, 2.45) is 4.99 Å². The molecule has 0 aromatic carbocycles. The predicted octanol–water partition coefficient (Wildman–Crippen LogP) is 3.58. The van der Waals surface area contributed by atoms with Crippen molar-refractivity contribution in [3.63, 3.8) is 0 Å². The first-order chi connectivity index (χ1) is 8.08. The van der Waals surface area contributed by atoms with E-state index in [4.69, 9.17) is 0 Å². The van der Waals surface area contributed by atoms with Gasteiger partial charge in [-0.25, -0.2) is 0 Å². The van der Waals surface area contributed by atoms with Crippen molar-refractivity contribution in [3.8, 4) is 0 Å².